The zero-order valence-corrected chi connectivity index (χ0v) is 18.3. The molecule has 11 atom stereocenters. The number of carboxylic acid groups (broad SMARTS) is 1. The zero-order valence-electron chi connectivity index (χ0n) is 18.3. The number of aliphatic hydroxyl groups excluding tert-OH is 3. The van der Waals surface area contributed by atoms with Crippen molar-refractivity contribution in [1.29, 1.82) is 0 Å². The second-order valence-corrected chi connectivity index (χ2v) is 11.4. The SMILES string of the molecule is C[C@H](CCC(=O)O)[C@H]1CC[C@@H]2[C@H]3[C@H](O)C[C@@H]4C[C@H](O)CC[C@]4(C)[C@@H]3C[C@H](O)[C@@]21C. The molecule has 166 valence electrons. The van der Waals surface area contributed by atoms with Crippen LogP contribution in [0.25, 0.3) is 0 Å². The van der Waals surface area contributed by atoms with Crippen LogP contribution in [-0.2, 0) is 4.79 Å². The fourth-order valence-corrected chi connectivity index (χ4v) is 8.68. The van der Waals surface area contributed by atoms with Crippen LogP contribution >= 0.6 is 0 Å². The standard InChI is InChI=1S/C24H40O5/c1-13(4-7-21(28)29)16-5-6-17-22-18(12-20(27)24(16,17)3)23(2)9-8-15(25)10-14(23)11-19(22)26/h13-20,22,25-27H,4-12H2,1-3H3,(H,28,29)/t13-,14+,15-,16-,17-,18-,19-,20+,22-,23+,24-/m1/s1. The van der Waals surface area contributed by atoms with E-state index in [-0.39, 0.29) is 41.3 Å². The van der Waals surface area contributed by atoms with Crippen molar-refractivity contribution < 1.29 is 25.2 Å². The highest BCUT2D eigenvalue weighted by Crippen LogP contribution is 2.68. The molecular formula is C24H40O5. The van der Waals surface area contributed by atoms with Crippen LogP contribution in [0.3, 0.4) is 0 Å². The molecule has 0 spiro atoms. The van der Waals surface area contributed by atoms with Crippen molar-refractivity contribution in [2.45, 2.75) is 96.9 Å². The minimum atomic E-state index is -0.748. The molecule has 0 heterocycles. The van der Waals surface area contributed by atoms with Gasteiger partial charge in [-0.05, 0) is 97.7 Å². The molecule has 4 rings (SSSR count). The van der Waals surface area contributed by atoms with Crippen LogP contribution in [0.1, 0.15) is 78.6 Å². The maximum atomic E-state index is 11.5. The van der Waals surface area contributed by atoms with Gasteiger partial charge in [-0.2, -0.15) is 0 Å². The summed E-state index contributed by atoms with van der Waals surface area (Å²) in [6, 6.07) is 0. The van der Waals surface area contributed by atoms with E-state index in [1.165, 1.54) is 0 Å². The van der Waals surface area contributed by atoms with Crippen molar-refractivity contribution in [3.63, 3.8) is 0 Å². The van der Waals surface area contributed by atoms with Crippen molar-refractivity contribution in [3.8, 4) is 0 Å². The van der Waals surface area contributed by atoms with Gasteiger partial charge in [0.15, 0.2) is 0 Å². The van der Waals surface area contributed by atoms with E-state index in [9.17, 15) is 20.1 Å². The number of aliphatic carboxylic acids is 1. The minimum absolute atomic E-state index is 0.0957. The Kier molecular flexibility index (Phi) is 5.57. The molecule has 4 aliphatic carbocycles. The molecule has 4 fully saturated rings. The van der Waals surface area contributed by atoms with Gasteiger partial charge in [-0.1, -0.05) is 20.8 Å². The lowest BCUT2D eigenvalue weighted by Crippen LogP contribution is -2.62. The molecule has 5 heteroatoms. The molecule has 0 aromatic carbocycles. The number of hydrogen-bond acceptors (Lipinski definition) is 4. The molecule has 0 bridgehead atoms. The lowest BCUT2D eigenvalue weighted by atomic mass is 9.43. The van der Waals surface area contributed by atoms with Crippen LogP contribution in [0.15, 0.2) is 0 Å². The quantitative estimate of drug-likeness (QED) is 0.571. The van der Waals surface area contributed by atoms with Crippen molar-refractivity contribution >= 4 is 5.97 Å². The van der Waals surface area contributed by atoms with Gasteiger partial charge in [-0.15, -0.1) is 0 Å². The maximum Gasteiger partial charge on any atom is 0.303 e. The monoisotopic (exact) mass is 408 g/mol. The van der Waals surface area contributed by atoms with E-state index < -0.39 is 12.1 Å². The molecule has 4 N–H and O–H groups in total. The van der Waals surface area contributed by atoms with Crippen LogP contribution in [0.5, 0.6) is 0 Å². The lowest BCUT2D eigenvalue weighted by Gasteiger charge is -2.63. The third kappa shape index (κ3) is 3.27. The Morgan fingerprint density at radius 1 is 1.03 bits per heavy atom. The second-order valence-electron chi connectivity index (χ2n) is 11.4. The maximum absolute atomic E-state index is 11.5. The zero-order chi connectivity index (χ0) is 21.1. The first kappa shape index (κ1) is 21.6. The number of fused-ring (bicyclic) bond motifs is 5. The number of aliphatic hydroxyl groups is 3. The first-order valence-corrected chi connectivity index (χ1v) is 11.8. The van der Waals surface area contributed by atoms with Crippen LogP contribution in [0.4, 0.5) is 0 Å². The summed E-state index contributed by atoms with van der Waals surface area (Å²) in [6.45, 7) is 6.72. The summed E-state index contributed by atoms with van der Waals surface area (Å²) in [7, 11) is 0. The van der Waals surface area contributed by atoms with E-state index in [0.29, 0.717) is 30.1 Å². The minimum Gasteiger partial charge on any atom is -0.481 e. The number of carbonyl (C=O) groups is 1. The molecule has 29 heavy (non-hydrogen) atoms. The van der Waals surface area contributed by atoms with Gasteiger partial charge >= 0.3 is 5.97 Å². The van der Waals surface area contributed by atoms with Crippen molar-refractivity contribution in [1.82, 2.24) is 0 Å². The van der Waals surface area contributed by atoms with Crippen LogP contribution in [0.2, 0.25) is 0 Å². The summed E-state index contributed by atoms with van der Waals surface area (Å²) in [6.07, 6.45) is 6.00. The predicted octanol–water partition coefficient (Wildman–Crippen LogP) is 3.45. The molecular weight excluding hydrogens is 368 g/mol. The molecule has 4 aliphatic rings. The van der Waals surface area contributed by atoms with Crippen molar-refractivity contribution in [2.24, 2.45) is 46.3 Å². The second kappa shape index (κ2) is 7.49. The van der Waals surface area contributed by atoms with Gasteiger partial charge in [0.1, 0.15) is 0 Å². The summed E-state index contributed by atoms with van der Waals surface area (Å²) in [5.74, 6) is 0.997. The van der Waals surface area contributed by atoms with Gasteiger partial charge in [-0.25, -0.2) is 0 Å². The van der Waals surface area contributed by atoms with E-state index in [0.717, 1.165) is 44.9 Å². The number of rotatable bonds is 4. The molecule has 0 aliphatic heterocycles. The Hall–Kier alpha value is -0.650. The summed E-state index contributed by atoms with van der Waals surface area (Å²) < 4.78 is 0. The summed E-state index contributed by atoms with van der Waals surface area (Å²) >= 11 is 0. The fourth-order valence-electron chi connectivity index (χ4n) is 8.68. The molecule has 0 unspecified atom stereocenters. The smallest absolute Gasteiger partial charge is 0.303 e. The topological polar surface area (TPSA) is 98.0 Å². The lowest BCUT2D eigenvalue weighted by molar-refractivity contribution is -0.207. The number of carboxylic acids is 1. The van der Waals surface area contributed by atoms with Gasteiger partial charge in [0.25, 0.3) is 0 Å². The molecule has 0 amide bonds. The molecule has 0 aromatic rings. The Morgan fingerprint density at radius 2 is 1.76 bits per heavy atom. The summed E-state index contributed by atoms with van der Waals surface area (Å²) in [5, 5.41) is 42.0. The first-order chi connectivity index (χ1) is 13.6. The third-order valence-corrected chi connectivity index (χ3v) is 10.3. The Labute approximate surface area is 174 Å². The van der Waals surface area contributed by atoms with Crippen LogP contribution in [-0.4, -0.2) is 44.7 Å². The molecule has 0 radical (unpaired) electrons. The third-order valence-electron chi connectivity index (χ3n) is 10.3. The van der Waals surface area contributed by atoms with Gasteiger partial charge in [0.05, 0.1) is 18.3 Å². The van der Waals surface area contributed by atoms with E-state index >= 15 is 0 Å². The highest BCUT2D eigenvalue weighted by molar-refractivity contribution is 5.66. The Bertz CT molecular complexity index is 637. The van der Waals surface area contributed by atoms with Gasteiger partial charge in [0, 0.05) is 6.42 Å². The number of hydrogen-bond donors (Lipinski definition) is 4. The summed E-state index contributed by atoms with van der Waals surface area (Å²) in [4.78, 5) is 11.1. The molecule has 0 saturated heterocycles. The van der Waals surface area contributed by atoms with E-state index in [1.807, 2.05) is 0 Å². The Morgan fingerprint density at radius 3 is 2.45 bits per heavy atom. The predicted molar refractivity (Wildman–Crippen MR) is 110 cm³/mol. The summed E-state index contributed by atoms with van der Waals surface area (Å²) in [5.41, 5.74) is -0.143. The fraction of sp³-hybridized carbons (Fsp3) is 0.958. The highest BCUT2D eigenvalue weighted by atomic mass is 16.4. The van der Waals surface area contributed by atoms with Crippen LogP contribution in [0, 0.1) is 46.3 Å². The average molecular weight is 409 g/mol. The van der Waals surface area contributed by atoms with Gasteiger partial charge in [-0.3, -0.25) is 4.79 Å². The van der Waals surface area contributed by atoms with E-state index in [1.54, 1.807) is 0 Å². The van der Waals surface area contributed by atoms with Gasteiger partial charge < -0.3 is 20.4 Å². The van der Waals surface area contributed by atoms with Crippen molar-refractivity contribution in [3.05, 3.63) is 0 Å². The van der Waals surface area contributed by atoms with Crippen molar-refractivity contribution in [2.75, 3.05) is 0 Å². The van der Waals surface area contributed by atoms with Gasteiger partial charge in [0.2, 0.25) is 0 Å². The molecule has 4 saturated carbocycles. The average Bonchev–Trinajstić information content (AvgIpc) is 3.01. The Balaban J connectivity index is 1.61. The van der Waals surface area contributed by atoms with Crippen LogP contribution < -0.4 is 0 Å². The largest absolute Gasteiger partial charge is 0.481 e. The highest BCUT2D eigenvalue weighted by Gasteiger charge is 2.65. The normalized spacial score (nSPS) is 52.9. The molecule has 5 nitrogen and oxygen atoms in total. The van der Waals surface area contributed by atoms with E-state index in [4.69, 9.17) is 5.11 Å². The first-order valence-electron chi connectivity index (χ1n) is 11.8. The van der Waals surface area contributed by atoms with E-state index in [2.05, 4.69) is 20.8 Å². The molecule has 0 aromatic heterocycles.